The molecule has 0 fully saturated rings. The van der Waals surface area contributed by atoms with Gasteiger partial charge >= 0.3 is 0 Å². The molecule has 1 rings (SSSR count). The zero-order valence-electron chi connectivity index (χ0n) is 7.88. The molecule has 2 N–H and O–H groups in total. The SMILES string of the molecule is Cc1ccccc1CCC(C)N. The van der Waals surface area contributed by atoms with Crippen LogP contribution in [0.5, 0.6) is 0 Å². The van der Waals surface area contributed by atoms with Crippen molar-refractivity contribution in [2.45, 2.75) is 32.7 Å². The number of aryl methyl sites for hydroxylation is 2. The molecule has 0 aliphatic carbocycles. The van der Waals surface area contributed by atoms with Crippen molar-refractivity contribution < 1.29 is 0 Å². The predicted molar refractivity (Wildman–Crippen MR) is 53.1 cm³/mol. The first kappa shape index (κ1) is 9.27. The number of hydrogen-bond donors (Lipinski definition) is 1. The van der Waals surface area contributed by atoms with E-state index in [9.17, 15) is 0 Å². The average molecular weight is 163 g/mol. The van der Waals surface area contributed by atoms with E-state index in [4.69, 9.17) is 5.73 Å². The second-order valence-corrected chi connectivity index (χ2v) is 3.44. The number of rotatable bonds is 3. The van der Waals surface area contributed by atoms with Crippen molar-refractivity contribution >= 4 is 0 Å². The molecule has 1 nitrogen and oxygen atoms in total. The molecular formula is C11H17N. The van der Waals surface area contributed by atoms with Crippen molar-refractivity contribution in [1.82, 2.24) is 0 Å². The van der Waals surface area contributed by atoms with Crippen LogP contribution in [0.4, 0.5) is 0 Å². The van der Waals surface area contributed by atoms with Gasteiger partial charge in [-0.3, -0.25) is 0 Å². The highest BCUT2D eigenvalue weighted by molar-refractivity contribution is 5.25. The monoisotopic (exact) mass is 163 g/mol. The lowest BCUT2D eigenvalue weighted by atomic mass is 10.0. The maximum absolute atomic E-state index is 5.69. The zero-order chi connectivity index (χ0) is 8.97. The highest BCUT2D eigenvalue weighted by Gasteiger charge is 1.98. The number of nitrogens with two attached hydrogens (primary N) is 1. The summed E-state index contributed by atoms with van der Waals surface area (Å²) in [5.74, 6) is 0. The van der Waals surface area contributed by atoms with Crippen LogP contribution in [0.3, 0.4) is 0 Å². The minimum Gasteiger partial charge on any atom is -0.328 e. The first-order valence-electron chi connectivity index (χ1n) is 4.50. The molecule has 0 radical (unpaired) electrons. The van der Waals surface area contributed by atoms with Crippen LogP contribution >= 0.6 is 0 Å². The Labute approximate surface area is 74.6 Å². The first-order chi connectivity index (χ1) is 5.70. The van der Waals surface area contributed by atoms with Gasteiger partial charge in [-0.05, 0) is 37.8 Å². The zero-order valence-corrected chi connectivity index (χ0v) is 7.88. The van der Waals surface area contributed by atoms with Crippen molar-refractivity contribution in [3.05, 3.63) is 35.4 Å². The number of hydrogen-bond acceptors (Lipinski definition) is 1. The molecule has 0 saturated heterocycles. The summed E-state index contributed by atoms with van der Waals surface area (Å²) >= 11 is 0. The van der Waals surface area contributed by atoms with Crippen molar-refractivity contribution in [1.29, 1.82) is 0 Å². The molecule has 0 saturated carbocycles. The minimum atomic E-state index is 0.310. The second kappa shape index (κ2) is 4.27. The van der Waals surface area contributed by atoms with E-state index in [2.05, 4.69) is 38.1 Å². The van der Waals surface area contributed by atoms with Gasteiger partial charge in [-0.2, -0.15) is 0 Å². The largest absolute Gasteiger partial charge is 0.328 e. The maximum atomic E-state index is 5.69. The summed E-state index contributed by atoms with van der Waals surface area (Å²) in [5, 5.41) is 0. The Hall–Kier alpha value is -0.820. The summed E-state index contributed by atoms with van der Waals surface area (Å²) in [4.78, 5) is 0. The van der Waals surface area contributed by atoms with Crippen molar-refractivity contribution in [2.24, 2.45) is 5.73 Å². The van der Waals surface area contributed by atoms with Crippen LogP contribution in [0.15, 0.2) is 24.3 Å². The van der Waals surface area contributed by atoms with Crippen LogP contribution in [0.1, 0.15) is 24.5 Å². The summed E-state index contributed by atoms with van der Waals surface area (Å²) in [6.45, 7) is 4.20. The summed E-state index contributed by atoms with van der Waals surface area (Å²) < 4.78 is 0. The average Bonchev–Trinajstić information content (AvgIpc) is 2.03. The van der Waals surface area contributed by atoms with Gasteiger partial charge in [0.2, 0.25) is 0 Å². The van der Waals surface area contributed by atoms with E-state index < -0.39 is 0 Å². The van der Waals surface area contributed by atoms with Gasteiger partial charge < -0.3 is 5.73 Å². The molecule has 0 aliphatic rings. The van der Waals surface area contributed by atoms with E-state index in [0.29, 0.717) is 6.04 Å². The van der Waals surface area contributed by atoms with E-state index in [1.807, 2.05) is 0 Å². The van der Waals surface area contributed by atoms with Crippen molar-refractivity contribution in [3.8, 4) is 0 Å². The van der Waals surface area contributed by atoms with Gasteiger partial charge in [0, 0.05) is 6.04 Å². The second-order valence-electron chi connectivity index (χ2n) is 3.44. The van der Waals surface area contributed by atoms with Crippen molar-refractivity contribution in [3.63, 3.8) is 0 Å². The normalized spacial score (nSPS) is 12.9. The Morgan fingerprint density at radius 3 is 2.58 bits per heavy atom. The van der Waals surface area contributed by atoms with Crippen LogP contribution in [0, 0.1) is 6.92 Å². The van der Waals surface area contributed by atoms with Gasteiger partial charge in [-0.25, -0.2) is 0 Å². The third-order valence-corrected chi connectivity index (χ3v) is 2.13. The Kier molecular flexibility index (Phi) is 3.30. The van der Waals surface area contributed by atoms with Crippen LogP contribution in [0.25, 0.3) is 0 Å². The summed E-state index contributed by atoms with van der Waals surface area (Å²) in [5.41, 5.74) is 8.49. The molecular weight excluding hydrogens is 146 g/mol. The molecule has 1 unspecified atom stereocenters. The Bertz CT molecular complexity index is 241. The Morgan fingerprint density at radius 2 is 2.00 bits per heavy atom. The lowest BCUT2D eigenvalue weighted by Crippen LogP contribution is -2.15. The van der Waals surface area contributed by atoms with E-state index >= 15 is 0 Å². The fourth-order valence-corrected chi connectivity index (χ4v) is 1.27. The molecule has 0 spiro atoms. The highest BCUT2D eigenvalue weighted by Crippen LogP contribution is 2.09. The first-order valence-corrected chi connectivity index (χ1v) is 4.50. The van der Waals surface area contributed by atoms with Crippen LogP contribution in [-0.2, 0) is 6.42 Å². The fourth-order valence-electron chi connectivity index (χ4n) is 1.27. The molecule has 1 heteroatoms. The van der Waals surface area contributed by atoms with Crippen LogP contribution in [-0.4, -0.2) is 6.04 Å². The lowest BCUT2D eigenvalue weighted by molar-refractivity contribution is 0.664. The fraction of sp³-hybridized carbons (Fsp3) is 0.455. The third kappa shape index (κ3) is 2.67. The maximum Gasteiger partial charge on any atom is 0.00136 e. The summed E-state index contributed by atoms with van der Waals surface area (Å²) in [6, 6.07) is 8.80. The molecule has 1 atom stereocenters. The Balaban J connectivity index is 2.57. The molecule has 66 valence electrons. The molecule has 1 aromatic rings. The molecule has 0 heterocycles. The summed E-state index contributed by atoms with van der Waals surface area (Å²) in [7, 11) is 0. The van der Waals surface area contributed by atoms with Gasteiger partial charge in [0.1, 0.15) is 0 Å². The van der Waals surface area contributed by atoms with Gasteiger partial charge in [0.15, 0.2) is 0 Å². The molecule has 1 aromatic carbocycles. The quantitative estimate of drug-likeness (QED) is 0.726. The van der Waals surface area contributed by atoms with Gasteiger partial charge in [0.05, 0.1) is 0 Å². The smallest absolute Gasteiger partial charge is 0.00136 e. The molecule has 0 amide bonds. The molecule has 12 heavy (non-hydrogen) atoms. The van der Waals surface area contributed by atoms with E-state index in [-0.39, 0.29) is 0 Å². The lowest BCUT2D eigenvalue weighted by Gasteiger charge is -2.07. The third-order valence-electron chi connectivity index (χ3n) is 2.13. The Morgan fingerprint density at radius 1 is 1.33 bits per heavy atom. The molecule has 0 aromatic heterocycles. The van der Waals surface area contributed by atoms with Gasteiger partial charge in [-0.1, -0.05) is 24.3 Å². The predicted octanol–water partition coefficient (Wildman–Crippen LogP) is 2.27. The highest BCUT2D eigenvalue weighted by atomic mass is 14.6. The van der Waals surface area contributed by atoms with Crippen molar-refractivity contribution in [2.75, 3.05) is 0 Å². The minimum absolute atomic E-state index is 0.310. The van der Waals surface area contributed by atoms with E-state index in [0.717, 1.165) is 12.8 Å². The molecule has 0 bridgehead atoms. The van der Waals surface area contributed by atoms with Crippen LogP contribution in [0.2, 0.25) is 0 Å². The molecule has 0 aliphatic heterocycles. The van der Waals surface area contributed by atoms with Gasteiger partial charge in [-0.15, -0.1) is 0 Å². The van der Waals surface area contributed by atoms with E-state index in [1.54, 1.807) is 0 Å². The number of benzene rings is 1. The van der Waals surface area contributed by atoms with E-state index in [1.165, 1.54) is 11.1 Å². The summed E-state index contributed by atoms with van der Waals surface area (Å²) in [6.07, 6.45) is 2.18. The van der Waals surface area contributed by atoms with Crippen LogP contribution < -0.4 is 5.73 Å². The topological polar surface area (TPSA) is 26.0 Å². The van der Waals surface area contributed by atoms with Gasteiger partial charge in [0.25, 0.3) is 0 Å². The standard InChI is InChI=1S/C11H17N/c1-9-5-3-4-6-11(9)8-7-10(2)12/h3-6,10H,7-8,12H2,1-2H3.